The predicted molar refractivity (Wildman–Crippen MR) is 91.1 cm³/mol. The van der Waals surface area contributed by atoms with Crippen molar-refractivity contribution in [2.75, 3.05) is 5.32 Å². The van der Waals surface area contributed by atoms with Crippen molar-refractivity contribution >= 4 is 11.6 Å². The van der Waals surface area contributed by atoms with Gasteiger partial charge in [0.25, 0.3) is 0 Å². The van der Waals surface area contributed by atoms with E-state index in [1.54, 1.807) is 18.5 Å². The van der Waals surface area contributed by atoms with Crippen molar-refractivity contribution in [1.29, 1.82) is 0 Å². The number of nitrogens with zero attached hydrogens (tertiary/aromatic N) is 1. The van der Waals surface area contributed by atoms with Crippen molar-refractivity contribution in [3.63, 3.8) is 0 Å². The highest BCUT2D eigenvalue weighted by atomic mass is 16.5. The molecule has 0 spiro atoms. The van der Waals surface area contributed by atoms with Gasteiger partial charge in [0, 0.05) is 29.7 Å². The lowest BCUT2D eigenvalue weighted by Gasteiger charge is -2.14. The number of hydrogen-bond acceptors (Lipinski definition) is 4. The van der Waals surface area contributed by atoms with Crippen LogP contribution in [-0.4, -0.2) is 16.9 Å². The molecular weight excluding hydrogens is 290 g/mol. The highest BCUT2D eigenvalue weighted by Gasteiger charge is 2.15. The van der Waals surface area contributed by atoms with Crippen molar-refractivity contribution in [3.05, 3.63) is 54.4 Å². The molecule has 0 saturated heterocycles. The summed E-state index contributed by atoms with van der Waals surface area (Å²) in [5.74, 6) is 0.886. The van der Waals surface area contributed by atoms with Crippen molar-refractivity contribution in [2.24, 2.45) is 11.7 Å². The molecule has 0 fully saturated rings. The minimum atomic E-state index is -0.505. The van der Waals surface area contributed by atoms with Gasteiger partial charge in [0.05, 0.1) is 6.04 Å². The number of carbonyl (C=O) groups excluding carboxylic acids is 1. The molecule has 1 aromatic heterocycles. The number of anilines is 1. The summed E-state index contributed by atoms with van der Waals surface area (Å²) >= 11 is 0. The Balaban J connectivity index is 1.93. The minimum Gasteiger partial charge on any atom is -0.489 e. The summed E-state index contributed by atoms with van der Waals surface area (Å²) in [5.41, 5.74) is 7.55. The lowest BCUT2D eigenvalue weighted by Crippen LogP contribution is -2.36. The molecule has 0 saturated carbocycles. The molecule has 2 aromatic rings. The van der Waals surface area contributed by atoms with Crippen LogP contribution in [0.3, 0.4) is 0 Å². The highest BCUT2D eigenvalue weighted by molar-refractivity contribution is 5.94. The average Bonchev–Trinajstić information content (AvgIpc) is 2.53. The van der Waals surface area contributed by atoms with Crippen molar-refractivity contribution in [2.45, 2.75) is 32.9 Å². The largest absolute Gasteiger partial charge is 0.489 e. The number of rotatable bonds is 7. The second-order valence-electron chi connectivity index (χ2n) is 5.90. The van der Waals surface area contributed by atoms with E-state index in [0.717, 1.165) is 5.56 Å². The zero-order chi connectivity index (χ0) is 16.7. The lowest BCUT2D eigenvalue weighted by atomic mass is 10.0. The van der Waals surface area contributed by atoms with Crippen LogP contribution in [0.1, 0.15) is 25.8 Å². The number of hydrogen-bond donors (Lipinski definition) is 2. The number of carbonyl (C=O) groups is 1. The molecule has 2 rings (SSSR count). The van der Waals surface area contributed by atoms with E-state index >= 15 is 0 Å². The first-order valence-electron chi connectivity index (χ1n) is 7.73. The first-order valence-corrected chi connectivity index (χ1v) is 7.73. The summed E-state index contributed by atoms with van der Waals surface area (Å²) in [6, 6.07) is 10.6. The van der Waals surface area contributed by atoms with Gasteiger partial charge in [-0.3, -0.25) is 9.78 Å². The first kappa shape index (κ1) is 17.0. The van der Waals surface area contributed by atoms with Crippen molar-refractivity contribution < 1.29 is 9.53 Å². The number of ether oxygens (including phenoxy) is 1. The Hall–Kier alpha value is -2.40. The van der Waals surface area contributed by atoms with Crippen molar-refractivity contribution in [1.82, 2.24) is 4.98 Å². The number of aromatic nitrogens is 1. The van der Waals surface area contributed by atoms with Gasteiger partial charge in [0.1, 0.15) is 12.4 Å². The SMILES string of the molecule is CC(C)C[C@H](N)C(=O)Nc1cccc(OCc2cccnc2)c1. The van der Waals surface area contributed by atoms with E-state index in [4.69, 9.17) is 10.5 Å². The maximum atomic E-state index is 12.1. The molecule has 1 amide bonds. The van der Waals surface area contributed by atoms with Gasteiger partial charge < -0.3 is 15.8 Å². The third kappa shape index (κ3) is 5.71. The van der Waals surface area contributed by atoms with E-state index in [1.165, 1.54) is 0 Å². The summed E-state index contributed by atoms with van der Waals surface area (Å²) in [6.45, 7) is 4.51. The molecule has 1 heterocycles. The molecule has 1 atom stereocenters. The van der Waals surface area contributed by atoms with Gasteiger partial charge in [0.2, 0.25) is 5.91 Å². The van der Waals surface area contributed by atoms with Crippen LogP contribution in [0.15, 0.2) is 48.8 Å². The van der Waals surface area contributed by atoms with Crippen LogP contribution in [0.4, 0.5) is 5.69 Å². The molecule has 5 nitrogen and oxygen atoms in total. The number of amides is 1. The minimum absolute atomic E-state index is 0.178. The zero-order valence-corrected chi connectivity index (χ0v) is 13.5. The van der Waals surface area contributed by atoms with Gasteiger partial charge >= 0.3 is 0 Å². The summed E-state index contributed by atoms with van der Waals surface area (Å²) in [5, 5.41) is 2.83. The molecule has 122 valence electrons. The maximum Gasteiger partial charge on any atom is 0.241 e. The predicted octanol–water partition coefficient (Wildman–Crippen LogP) is 2.97. The Morgan fingerprint density at radius 2 is 2.13 bits per heavy atom. The molecule has 0 unspecified atom stereocenters. The molecular formula is C18H23N3O2. The van der Waals surface area contributed by atoms with E-state index < -0.39 is 6.04 Å². The fraction of sp³-hybridized carbons (Fsp3) is 0.333. The normalized spacial score (nSPS) is 12.0. The Morgan fingerprint density at radius 3 is 2.83 bits per heavy atom. The summed E-state index contributed by atoms with van der Waals surface area (Å²) in [6.07, 6.45) is 4.14. The third-order valence-corrected chi connectivity index (χ3v) is 3.29. The number of pyridine rings is 1. The summed E-state index contributed by atoms with van der Waals surface area (Å²) in [7, 11) is 0. The van der Waals surface area contributed by atoms with Gasteiger partial charge in [0.15, 0.2) is 0 Å². The van der Waals surface area contributed by atoms with E-state index in [2.05, 4.69) is 10.3 Å². The summed E-state index contributed by atoms with van der Waals surface area (Å²) in [4.78, 5) is 16.1. The lowest BCUT2D eigenvalue weighted by molar-refractivity contribution is -0.117. The topological polar surface area (TPSA) is 77.2 Å². The van der Waals surface area contributed by atoms with Crippen LogP contribution in [0, 0.1) is 5.92 Å². The van der Waals surface area contributed by atoms with Gasteiger partial charge in [-0.05, 0) is 30.5 Å². The Morgan fingerprint density at radius 1 is 1.30 bits per heavy atom. The van der Waals surface area contributed by atoms with Crippen LogP contribution in [0.2, 0.25) is 0 Å². The summed E-state index contributed by atoms with van der Waals surface area (Å²) < 4.78 is 5.72. The second-order valence-corrected chi connectivity index (χ2v) is 5.90. The van der Waals surface area contributed by atoms with E-state index in [9.17, 15) is 4.79 Å². The highest BCUT2D eigenvalue weighted by Crippen LogP contribution is 2.19. The van der Waals surface area contributed by atoms with Gasteiger partial charge in [-0.25, -0.2) is 0 Å². The average molecular weight is 313 g/mol. The van der Waals surface area contributed by atoms with Crippen LogP contribution >= 0.6 is 0 Å². The Kier molecular flexibility index (Phi) is 6.11. The smallest absolute Gasteiger partial charge is 0.241 e. The standard InChI is InChI=1S/C18H23N3O2/c1-13(2)9-17(19)18(22)21-15-6-3-7-16(10-15)23-12-14-5-4-8-20-11-14/h3-8,10-11,13,17H,9,12,19H2,1-2H3,(H,21,22)/t17-/m0/s1. The van der Waals surface area contributed by atoms with Gasteiger partial charge in [-0.2, -0.15) is 0 Å². The molecule has 3 N–H and O–H groups in total. The third-order valence-electron chi connectivity index (χ3n) is 3.29. The Labute approximate surface area is 136 Å². The quantitative estimate of drug-likeness (QED) is 0.824. The van der Waals surface area contributed by atoms with Gasteiger partial charge in [-0.1, -0.05) is 26.0 Å². The number of nitrogens with two attached hydrogens (primary N) is 1. The molecule has 0 aliphatic rings. The fourth-order valence-electron chi connectivity index (χ4n) is 2.16. The van der Waals surface area contributed by atoms with Crippen LogP contribution < -0.4 is 15.8 Å². The molecule has 5 heteroatoms. The molecule has 0 radical (unpaired) electrons. The van der Waals surface area contributed by atoms with Crippen LogP contribution in [0.5, 0.6) is 5.75 Å². The zero-order valence-electron chi connectivity index (χ0n) is 13.5. The maximum absolute atomic E-state index is 12.1. The monoisotopic (exact) mass is 313 g/mol. The van der Waals surface area contributed by atoms with Crippen molar-refractivity contribution in [3.8, 4) is 5.75 Å². The van der Waals surface area contributed by atoms with E-state index in [-0.39, 0.29) is 5.91 Å². The molecule has 0 aliphatic carbocycles. The molecule has 23 heavy (non-hydrogen) atoms. The Bertz CT molecular complexity index is 629. The number of benzene rings is 1. The fourth-order valence-corrected chi connectivity index (χ4v) is 2.16. The van der Waals surface area contributed by atoms with E-state index in [0.29, 0.717) is 30.4 Å². The molecule has 0 aliphatic heterocycles. The van der Waals surface area contributed by atoms with Crippen LogP contribution in [0.25, 0.3) is 0 Å². The second kappa shape index (κ2) is 8.29. The van der Waals surface area contributed by atoms with Crippen LogP contribution in [-0.2, 0) is 11.4 Å². The number of nitrogens with one attached hydrogen (secondary N) is 1. The van der Waals surface area contributed by atoms with E-state index in [1.807, 2.05) is 44.2 Å². The molecule has 0 bridgehead atoms. The first-order chi connectivity index (χ1) is 11.0. The molecule has 1 aromatic carbocycles. The van der Waals surface area contributed by atoms with Gasteiger partial charge in [-0.15, -0.1) is 0 Å².